The van der Waals surface area contributed by atoms with Crippen LogP contribution in [0.3, 0.4) is 0 Å². The minimum atomic E-state index is -4.61. The van der Waals surface area contributed by atoms with Gasteiger partial charge >= 0.3 is 6.18 Å². The van der Waals surface area contributed by atoms with Gasteiger partial charge in [-0.25, -0.2) is 8.42 Å². The highest BCUT2D eigenvalue weighted by atomic mass is 32.2. The lowest BCUT2D eigenvalue weighted by Gasteiger charge is -2.19. The Bertz CT molecular complexity index is 606. The van der Waals surface area contributed by atoms with E-state index in [1.54, 1.807) is 6.07 Å². The first-order valence-electron chi connectivity index (χ1n) is 5.72. The second-order valence-corrected chi connectivity index (χ2v) is 5.96. The maximum atomic E-state index is 12.8. The van der Waals surface area contributed by atoms with Crippen LogP contribution in [0.1, 0.15) is 18.1 Å². The van der Waals surface area contributed by atoms with Gasteiger partial charge in [-0.05, 0) is 11.6 Å². The summed E-state index contributed by atoms with van der Waals surface area (Å²) in [6.07, 6.45) is -4.61. The van der Waals surface area contributed by atoms with E-state index >= 15 is 0 Å². The third-order valence-electron chi connectivity index (χ3n) is 2.65. The van der Waals surface area contributed by atoms with Crippen molar-refractivity contribution < 1.29 is 21.6 Å². The van der Waals surface area contributed by atoms with Gasteiger partial charge in [0.25, 0.3) is 0 Å². The molecule has 0 bridgehead atoms. The second-order valence-electron chi connectivity index (χ2n) is 4.00. The van der Waals surface area contributed by atoms with E-state index in [0.717, 1.165) is 16.4 Å². The van der Waals surface area contributed by atoms with Gasteiger partial charge in [-0.2, -0.15) is 22.7 Å². The molecule has 0 amide bonds. The second kappa shape index (κ2) is 6.24. The minimum Gasteiger partial charge on any atom is -0.212 e. The SMILES string of the molecule is CCN(CC#N)S(=O)(=O)Cc1ccccc1C(F)(F)F. The van der Waals surface area contributed by atoms with E-state index in [0.29, 0.717) is 0 Å². The van der Waals surface area contributed by atoms with E-state index in [2.05, 4.69) is 0 Å². The van der Waals surface area contributed by atoms with Crippen molar-refractivity contribution in [1.82, 2.24) is 4.31 Å². The van der Waals surface area contributed by atoms with Gasteiger partial charge in [0, 0.05) is 6.54 Å². The molecule has 0 N–H and O–H groups in total. The molecule has 8 heteroatoms. The van der Waals surface area contributed by atoms with Crippen LogP contribution in [-0.4, -0.2) is 25.8 Å². The molecule has 20 heavy (non-hydrogen) atoms. The lowest BCUT2D eigenvalue weighted by molar-refractivity contribution is -0.138. The summed E-state index contributed by atoms with van der Waals surface area (Å²) in [5.74, 6) is -0.780. The van der Waals surface area contributed by atoms with E-state index in [4.69, 9.17) is 5.26 Å². The predicted molar refractivity (Wildman–Crippen MR) is 66.9 cm³/mol. The standard InChI is InChI=1S/C12H13F3N2O2S/c1-2-17(8-7-16)20(18,19)9-10-5-3-4-6-11(10)12(13,14)15/h3-6H,2,8-9H2,1H3. The Balaban J connectivity index is 3.14. The zero-order valence-electron chi connectivity index (χ0n) is 10.7. The summed E-state index contributed by atoms with van der Waals surface area (Å²) in [6, 6.07) is 6.19. The van der Waals surface area contributed by atoms with Crippen LogP contribution in [0.25, 0.3) is 0 Å². The Morgan fingerprint density at radius 2 is 1.90 bits per heavy atom. The van der Waals surface area contributed by atoms with Crippen LogP contribution in [0.15, 0.2) is 24.3 Å². The van der Waals surface area contributed by atoms with Crippen LogP contribution in [0, 0.1) is 11.3 Å². The Kier molecular flexibility index (Phi) is 5.14. The number of alkyl halides is 3. The van der Waals surface area contributed by atoms with Crippen LogP contribution in [0.5, 0.6) is 0 Å². The van der Waals surface area contributed by atoms with E-state index in [-0.39, 0.29) is 18.7 Å². The van der Waals surface area contributed by atoms with E-state index in [9.17, 15) is 21.6 Å². The Morgan fingerprint density at radius 1 is 1.30 bits per heavy atom. The van der Waals surface area contributed by atoms with Crippen molar-refractivity contribution >= 4 is 10.0 Å². The minimum absolute atomic E-state index is 0.0318. The quantitative estimate of drug-likeness (QED) is 0.785. The molecule has 0 heterocycles. The number of nitriles is 1. The molecular formula is C12H13F3N2O2S. The maximum absolute atomic E-state index is 12.8. The number of rotatable bonds is 5. The van der Waals surface area contributed by atoms with Crippen LogP contribution >= 0.6 is 0 Å². The largest absolute Gasteiger partial charge is 0.416 e. The molecule has 0 atom stereocenters. The molecule has 0 radical (unpaired) electrons. The third-order valence-corrected chi connectivity index (χ3v) is 4.50. The summed E-state index contributed by atoms with van der Waals surface area (Å²) < 4.78 is 63.2. The monoisotopic (exact) mass is 306 g/mol. The molecule has 0 aliphatic carbocycles. The maximum Gasteiger partial charge on any atom is 0.416 e. The van der Waals surface area contributed by atoms with E-state index < -0.39 is 27.5 Å². The molecule has 0 saturated carbocycles. The average Bonchev–Trinajstić information content (AvgIpc) is 2.34. The first-order valence-corrected chi connectivity index (χ1v) is 7.33. The Hall–Kier alpha value is -1.59. The fourth-order valence-corrected chi connectivity index (χ4v) is 3.17. The lowest BCUT2D eigenvalue weighted by atomic mass is 10.1. The summed E-state index contributed by atoms with van der Waals surface area (Å²) in [4.78, 5) is 0. The van der Waals surface area contributed by atoms with Gasteiger partial charge in [0.15, 0.2) is 0 Å². The average molecular weight is 306 g/mol. The highest BCUT2D eigenvalue weighted by Gasteiger charge is 2.34. The molecule has 0 saturated heterocycles. The third kappa shape index (κ3) is 3.95. The summed E-state index contributed by atoms with van der Waals surface area (Å²) in [6.45, 7) is 1.17. The number of hydrogen-bond donors (Lipinski definition) is 0. The van der Waals surface area contributed by atoms with Crippen LogP contribution in [0.2, 0.25) is 0 Å². The van der Waals surface area contributed by atoms with Crippen molar-refractivity contribution in [2.75, 3.05) is 13.1 Å². The first-order chi connectivity index (χ1) is 9.22. The van der Waals surface area contributed by atoms with Crippen LogP contribution in [-0.2, 0) is 22.0 Å². The highest BCUT2D eigenvalue weighted by Crippen LogP contribution is 2.32. The number of nitrogens with zero attached hydrogens (tertiary/aromatic N) is 2. The molecule has 0 aromatic heterocycles. The van der Waals surface area contributed by atoms with Gasteiger partial charge < -0.3 is 0 Å². The van der Waals surface area contributed by atoms with Crippen molar-refractivity contribution in [1.29, 1.82) is 5.26 Å². The fraction of sp³-hybridized carbons (Fsp3) is 0.417. The van der Waals surface area contributed by atoms with Crippen molar-refractivity contribution in [2.45, 2.75) is 18.9 Å². The first kappa shape index (κ1) is 16.5. The molecule has 1 aromatic rings. The molecule has 0 fully saturated rings. The van der Waals surface area contributed by atoms with Crippen molar-refractivity contribution in [3.8, 4) is 6.07 Å². The zero-order chi connectivity index (χ0) is 15.4. The topological polar surface area (TPSA) is 61.2 Å². The van der Waals surface area contributed by atoms with E-state index in [1.165, 1.54) is 19.1 Å². The summed E-state index contributed by atoms with van der Waals surface area (Å²) in [5, 5.41) is 8.54. The molecule has 1 aromatic carbocycles. The summed E-state index contributed by atoms with van der Waals surface area (Å²) in [5.41, 5.74) is -1.30. The Morgan fingerprint density at radius 3 is 2.40 bits per heavy atom. The van der Waals surface area contributed by atoms with Crippen LogP contribution < -0.4 is 0 Å². The van der Waals surface area contributed by atoms with Crippen molar-refractivity contribution in [3.05, 3.63) is 35.4 Å². The van der Waals surface area contributed by atoms with Gasteiger partial charge in [-0.1, -0.05) is 25.1 Å². The zero-order valence-corrected chi connectivity index (χ0v) is 11.5. The summed E-state index contributed by atoms with van der Waals surface area (Å²) >= 11 is 0. The molecule has 0 aliphatic rings. The van der Waals surface area contributed by atoms with Crippen LogP contribution in [0.4, 0.5) is 13.2 Å². The summed E-state index contributed by atoms with van der Waals surface area (Å²) in [7, 11) is -3.96. The lowest BCUT2D eigenvalue weighted by Crippen LogP contribution is -2.32. The number of benzene rings is 1. The molecule has 1 rings (SSSR count). The van der Waals surface area contributed by atoms with Crippen molar-refractivity contribution in [3.63, 3.8) is 0 Å². The molecule has 0 aliphatic heterocycles. The van der Waals surface area contributed by atoms with Crippen molar-refractivity contribution in [2.24, 2.45) is 0 Å². The molecule has 0 unspecified atom stereocenters. The fourth-order valence-electron chi connectivity index (χ4n) is 1.70. The number of hydrogen-bond acceptors (Lipinski definition) is 3. The smallest absolute Gasteiger partial charge is 0.212 e. The molecular weight excluding hydrogens is 293 g/mol. The van der Waals surface area contributed by atoms with Gasteiger partial charge in [-0.15, -0.1) is 0 Å². The van der Waals surface area contributed by atoms with Gasteiger partial charge in [0.1, 0.15) is 6.54 Å². The van der Waals surface area contributed by atoms with E-state index in [1.807, 2.05) is 0 Å². The number of halogens is 3. The van der Waals surface area contributed by atoms with Gasteiger partial charge in [0.2, 0.25) is 10.0 Å². The predicted octanol–water partition coefficient (Wildman–Crippen LogP) is 2.38. The molecule has 110 valence electrons. The number of sulfonamides is 1. The molecule has 0 spiro atoms. The van der Waals surface area contributed by atoms with Gasteiger partial charge in [0.05, 0.1) is 17.4 Å². The Labute approximate surface area is 115 Å². The normalized spacial score (nSPS) is 12.4. The highest BCUT2D eigenvalue weighted by molar-refractivity contribution is 7.88. The van der Waals surface area contributed by atoms with Gasteiger partial charge in [-0.3, -0.25) is 0 Å². The molecule has 4 nitrogen and oxygen atoms in total.